The third-order valence-corrected chi connectivity index (χ3v) is 3.07. The molecule has 1 N–H and O–H groups in total. The Balaban J connectivity index is 2.17. The van der Waals surface area contributed by atoms with Crippen molar-refractivity contribution in [2.45, 2.75) is 19.4 Å². The molecular formula is C13H18FNO. The number of hydrogen-bond acceptors (Lipinski definition) is 2. The molecule has 1 aromatic rings. The van der Waals surface area contributed by atoms with Crippen LogP contribution in [0.2, 0.25) is 0 Å². The van der Waals surface area contributed by atoms with Crippen molar-refractivity contribution in [3.05, 3.63) is 35.6 Å². The normalized spacial score (nSPS) is 22.2. The Bertz CT molecular complexity index is 336. The zero-order chi connectivity index (χ0) is 11.4. The lowest BCUT2D eigenvalue weighted by atomic mass is 9.92. The van der Waals surface area contributed by atoms with Crippen LogP contribution in [0.5, 0.6) is 0 Å². The SMILES string of the molecule is CCNC(c1cccc(F)c1)C1CCOC1. The fraction of sp³-hybridized carbons (Fsp3) is 0.538. The fourth-order valence-electron chi connectivity index (χ4n) is 2.29. The molecule has 1 heterocycles. The average Bonchev–Trinajstić information content (AvgIpc) is 2.79. The van der Waals surface area contributed by atoms with E-state index >= 15 is 0 Å². The number of ether oxygens (including phenoxy) is 1. The molecule has 3 heteroatoms. The molecule has 1 aliphatic rings. The number of rotatable bonds is 4. The Kier molecular flexibility index (Phi) is 3.91. The molecule has 0 amide bonds. The van der Waals surface area contributed by atoms with Crippen molar-refractivity contribution < 1.29 is 9.13 Å². The Morgan fingerprint density at radius 1 is 1.56 bits per heavy atom. The van der Waals surface area contributed by atoms with Crippen LogP contribution in [0.25, 0.3) is 0 Å². The van der Waals surface area contributed by atoms with Crippen LogP contribution in [0.4, 0.5) is 4.39 Å². The molecule has 2 unspecified atom stereocenters. The van der Waals surface area contributed by atoms with Crippen LogP contribution in [0.1, 0.15) is 24.9 Å². The largest absolute Gasteiger partial charge is 0.381 e. The van der Waals surface area contributed by atoms with Gasteiger partial charge in [0.1, 0.15) is 5.82 Å². The van der Waals surface area contributed by atoms with Gasteiger partial charge in [-0.15, -0.1) is 0 Å². The van der Waals surface area contributed by atoms with E-state index in [2.05, 4.69) is 12.2 Å². The molecule has 0 aromatic heterocycles. The van der Waals surface area contributed by atoms with Gasteiger partial charge in [-0.05, 0) is 30.7 Å². The van der Waals surface area contributed by atoms with Crippen LogP contribution in [-0.2, 0) is 4.74 Å². The van der Waals surface area contributed by atoms with Crippen LogP contribution in [-0.4, -0.2) is 19.8 Å². The molecule has 2 nitrogen and oxygen atoms in total. The maximum atomic E-state index is 13.2. The second-order valence-corrected chi connectivity index (χ2v) is 4.21. The zero-order valence-electron chi connectivity index (χ0n) is 9.58. The van der Waals surface area contributed by atoms with Gasteiger partial charge in [0.25, 0.3) is 0 Å². The molecule has 1 aromatic carbocycles. The molecule has 0 saturated carbocycles. The zero-order valence-corrected chi connectivity index (χ0v) is 9.58. The van der Waals surface area contributed by atoms with Crippen LogP contribution < -0.4 is 5.32 Å². The summed E-state index contributed by atoms with van der Waals surface area (Å²) in [5, 5.41) is 3.42. The van der Waals surface area contributed by atoms with E-state index < -0.39 is 0 Å². The predicted octanol–water partition coefficient (Wildman–Crippen LogP) is 2.51. The summed E-state index contributed by atoms with van der Waals surface area (Å²) in [6.07, 6.45) is 1.05. The van der Waals surface area contributed by atoms with E-state index in [0.29, 0.717) is 5.92 Å². The minimum absolute atomic E-state index is 0.167. The van der Waals surface area contributed by atoms with Crippen molar-refractivity contribution in [3.8, 4) is 0 Å². The highest BCUT2D eigenvalue weighted by Crippen LogP contribution is 2.28. The molecule has 0 aliphatic carbocycles. The first-order valence-corrected chi connectivity index (χ1v) is 5.88. The van der Waals surface area contributed by atoms with Crippen molar-refractivity contribution in [1.29, 1.82) is 0 Å². The van der Waals surface area contributed by atoms with Crippen molar-refractivity contribution in [1.82, 2.24) is 5.32 Å². The summed E-state index contributed by atoms with van der Waals surface area (Å²) in [5.41, 5.74) is 1.03. The van der Waals surface area contributed by atoms with Crippen molar-refractivity contribution in [3.63, 3.8) is 0 Å². The molecule has 0 radical (unpaired) electrons. The third-order valence-electron chi connectivity index (χ3n) is 3.07. The van der Waals surface area contributed by atoms with E-state index in [1.54, 1.807) is 12.1 Å². The van der Waals surface area contributed by atoms with Gasteiger partial charge in [0, 0.05) is 18.6 Å². The van der Waals surface area contributed by atoms with E-state index in [9.17, 15) is 4.39 Å². The number of benzene rings is 1. The Labute approximate surface area is 95.8 Å². The second kappa shape index (κ2) is 5.41. The first-order valence-electron chi connectivity index (χ1n) is 5.88. The highest BCUT2D eigenvalue weighted by Gasteiger charge is 2.26. The molecule has 88 valence electrons. The molecule has 0 bridgehead atoms. The molecule has 0 spiro atoms. The lowest BCUT2D eigenvalue weighted by Gasteiger charge is -2.23. The van der Waals surface area contributed by atoms with E-state index in [4.69, 9.17) is 4.74 Å². The number of nitrogens with one attached hydrogen (secondary N) is 1. The standard InChI is InChI=1S/C13H18FNO/c1-2-15-13(11-6-7-16-9-11)10-4-3-5-12(14)8-10/h3-5,8,11,13,15H,2,6-7,9H2,1H3. The molecule has 1 fully saturated rings. The summed E-state index contributed by atoms with van der Waals surface area (Å²) in [6, 6.07) is 7.06. The van der Waals surface area contributed by atoms with Gasteiger partial charge in [-0.2, -0.15) is 0 Å². The van der Waals surface area contributed by atoms with Crippen molar-refractivity contribution >= 4 is 0 Å². The first kappa shape index (κ1) is 11.6. The molecule has 16 heavy (non-hydrogen) atoms. The van der Waals surface area contributed by atoms with Crippen LogP contribution >= 0.6 is 0 Å². The second-order valence-electron chi connectivity index (χ2n) is 4.21. The smallest absolute Gasteiger partial charge is 0.123 e. The van der Waals surface area contributed by atoms with Crippen molar-refractivity contribution in [2.75, 3.05) is 19.8 Å². The van der Waals surface area contributed by atoms with Gasteiger partial charge < -0.3 is 10.1 Å². The highest BCUT2D eigenvalue weighted by molar-refractivity contribution is 5.21. The van der Waals surface area contributed by atoms with E-state index in [-0.39, 0.29) is 11.9 Å². The molecule has 2 atom stereocenters. The quantitative estimate of drug-likeness (QED) is 0.846. The average molecular weight is 223 g/mol. The first-order chi connectivity index (χ1) is 7.81. The van der Waals surface area contributed by atoms with Crippen LogP contribution in [0.15, 0.2) is 24.3 Å². The minimum atomic E-state index is -0.167. The fourth-order valence-corrected chi connectivity index (χ4v) is 2.29. The van der Waals surface area contributed by atoms with E-state index in [1.165, 1.54) is 6.07 Å². The minimum Gasteiger partial charge on any atom is -0.381 e. The van der Waals surface area contributed by atoms with Gasteiger partial charge in [-0.3, -0.25) is 0 Å². The van der Waals surface area contributed by atoms with Crippen LogP contribution in [0, 0.1) is 11.7 Å². The summed E-state index contributed by atoms with van der Waals surface area (Å²) < 4.78 is 18.6. The Morgan fingerprint density at radius 3 is 3.06 bits per heavy atom. The molecular weight excluding hydrogens is 205 g/mol. The third kappa shape index (κ3) is 2.60. The van der Waals surface area contributed by atoms with E-state index in [0.717, 1.165) is 31.7 Å². The van der Waals surface area contributed by atoms with Crippen LogP contribution in [0.3, 0.4) is 0 Å². The Morgan fingerprint density at radius 2 is 2.44 bits per heavy atom. The Hall–Kier alpha value is -0.930. The molecule has 1 saturated heterocycles. The van der Waals surface area contributed by atoms with E-state index in [1.807, 2.05) is 6.07 Å². The highest BCUT2D eigenvalue weighted by atomic mass is 19.1. The lowest BCUT2D eigenvalue weighted by Crippen LogP contribution is -2.28. The summed E-state index contributed by atoms with van der Waals surface area (Å²) in [7, 11) is 0. The summed E-state index contributed by atoms with van der Waals surface area (Å²) >= 11 is 0. The maximum Gasteiger partial charge on any atom is 0.123 e. The van der Waals surface area contributed by atoms with Crippen molar-refractivity contribution in [2.24, 2.45) is 5.92 Å². The van der Waals surface area contributed by atoms with Gasteiger partial charge in [0.05, 0.1) is 6.61 Å². The van der Waals surface area contributed by atoms with Gasteiger partial charge in [-0.1, -0.05) is 19.1 Å². The van der Waals surface area contributed by atoms with Gasteiger partial charge >= 0.3 is 0 Å². The summed E-state index contributed by atoms with van der Waals surface area (Å²) in [6.45, 7) is 4.55. The monoisotopic (exact) mass is 223 g/mol. The van der Waals surface area contributed by atoms with Gasteiger partial charge in [0.15, 0.2) is 0 Å². The maximum absolute atomic E-state index is 13.2. The number of hydrogen-bond donors (Lipinski definition) is 1. The predicted molar refractivity (Wildman–Crippen MR) is 61.7 cm³/mol. The summed E-state index contributed by atoms with van der Waals surface area (Å²) in [5.74, 6) is 0.293. The van der Waals surface area contributed by atoms with Gasteiger partial charge in [-0.25, -0.2) is 4.39 Å². The molecule has 2 rings (SSSR count). The number of halogens is 1. The summed E-state index contributed by atoms with van der Waals surface area (Å²) in [4.78, 5) is 0. The molecule has 1 aliphatic heterocycles. The van der Waals surface area contributed by atoms with Gasteiger partial charge in [0.2, 0.25) is 0 Å². The lowest BCUT2D eigenvalue weighted by molar-refractivity contribution is 0.177. The topological polar surface area (TPSA) is 21.3 Å².